The van der Waals surface area contributed by atoms with Crippen molar-refractivity contribution in [3.63, 3.8) is 0 Å². The molecule has 2 amide bonds. The minimum Gasteiger partial charge on any atom is -0.345 e. The Bertz CT molecular complexity index is 798. The molecule has 136 valence electrons. The number of likely N-dealkylation sites (tertiary alicyclic amines) is 2. The Hall–Kier alpha value is -2.77. The summed E-state index contributed by atoms with van der Waals surface area (Å²) in [4.78, 5) is 36.3. The fraction of sp³-hybridized carbons (Fsp3) is 0.500. The standard InChI is InChI=1S/C18H21N5O3/c1-22-11-14(9-15(22)24)18(25)23-7-4-12(5-8-23)16-20-17(26-21-16)13-3-2-6-19-10-13/h2-3,6,10,12,14H,4-5,7-9,11H2,1H3/t14-/m0/s1. The molecule has 8 heteroatoms. The highest BCUT2D eigenvalue weighted by molar-refractivity contribution is 5.89. The zero-order valence-electron chi connectivity index (χ0n) is 14.7. The van der Waals surface area contributed by atoms with E-state index in [0.29, 0.717) is 37.8 Å². The molecule has 0 bridgehead atoms. The van der Waals surface area contributed by atoms with Crippen molar-refractivity contribution in [3.8, 4) is 11.5 Å². The Morgan fingerprint density at radius 2 is 2.12 bits per heavy atom. The van der Waals surface area contributed by atoms with Crippen LogP contribution in [0, 0.1) is 5.92 Å². The number of pyridine rings is 1. The smallest absolute Gasteiger partial charge is 0.259 e. The fourth-order valence-corrected chi connectivity index (χ4v) is 3.65. The molecule has 0 radical (unpaired) electrons. The summed E-state index contributed by atoms with van der Waals surface area (Å²) in [6, 6.07) is 3.71. The van der Waals surface area contributed by atoms with Gasteiger partial charge in [-0.05, 0) is 25.0 Å². The second-order valence-electron chi connectivity index (χ2n) is 6.97. The zero-order valence-corrected chi connectivity index (χ0v) is 14.7. The predicted molar refractivity (Wildman–Crippen MR) is 91.8 cm³/mol. The number of amides is 2. The maximum atomic E-state index is 12.6. The number of aromatic nitrogens is 3. The van der Waals surface area contributed by atoms with Gasteiger partial charge < -0.3 is 14.3 Å². The van der Waals surface area contributed by atoms with E-state index < -0.39 is 0 Å². The molecule has 2 aliphatic heterocycles. The average molecular weight is 355 g/mol. The van der Waals surface area contributed by atoms with E-state index in [2.05, 4.69) is 15.1 Å². The van der Waals surface area contributed by atoms with Crippen molar-refractivity contribution in [3.05, 3.63) is 30.4 Å². The van der Waals surface area contributed by atoms with E-state index >= 15 is 0 Å². The SMILES string of the molecule is CN1C[C@@H](C(=O)N2CCC(c3noc(-c4cccnc4)n3)CC2)CC1=O. The maximum absolute atomic E-state index is 12.6. The summed E-state index contributed by atoms with van der Waals surface area (Å²) in [5.74, 6) is 1.27. The van der Waals surface area contributed by atoms with Gasteiger partial charge in [-0.15, -0.1) is 0 Å². The van der Waals surface area contributed by atoms with Crippen LogP contribution >= 0.6 is 0 Å². The summed E-state index contributed by atoms with van der Waals surface area (Å²) in [6.45, 7) is 1.85. The molecule has 1 atom stereocenters. The number of carbonyl (C=O) groups excluding carboxylic acids is 2. The summed E-state index contributed by atoms with van der Waals surface area (Å²) < 4.78 is 5.36. The second kappa shape index (κ2) is 6.86. The molecule has 2 aliphatic rings. The second-order valence-corrected chi connectivity index (χ2v) is 6.97. The van der Waals surface area contributed by atoms with E-state index in [-0.39, 0.29) is 23.7 Å². The number of hydrogen-bond donors (Lipinski definition) is 0. The van der Waals surface area contributed by atoms with Gasteiger partial charge in [-0.1, -0.05) is 5.16 Å². The van der Waals surface area contributed by atoms with Gasteiger partial charge in [-0.25, -0.2) is 0 Å². The summed E-state index contributed by atoms with van der Waals surface area (Å²) >= 11 is 0. The van der Waals surface area contributed by atoms with Gasteiger partial charge in [-0.3, -0.25) is 14.6 Å². The molecular weight excluding hydrogens is 334 g/mol. The molecule has 0 aliphatic carbocycles. The van der Waals surface area contributed by atoms with Crippen LogP contribution in [0.15, 0.2) is 29.0 Å². The lowest BCUT2D eigenvalue weighted by atomic mass is 9.95. The molecule has 0 spiro atoms. The van der Waals surface area contributed by atoms with Gasteiger partial charge in [0.25, 0.3) is 5.89 Å². The molecule has 0 saturated carbocycles. The van der Waals surface area contributed by atoms with Crippen molar-refractivity contribution in [2.75, 3.05) is 26.7 Å². The van der Waals surface area contributed by atoms with Crippen LogP contribution in [0.2, 0.25) is 0 Å². The van der Waals surface area contributed by atoms with Crippen LogP contribution in [-0.4, -0.2) is 63.4 Å². The Morgan fingerprint density at radius 1 is 1.31 bits per heavy atom. The van der Waals surface area contributed by atoms with Crippen LogP contribution in [-0.2, 0) is 9.59 Å². The lowest BCUT2D eigenvalue weighted by Crippen LogP contribution is -2.42. The number of nitrogens with zero attached hydrogens (tertiary/aromatic N) is 5. The monoisotopic (exact) mass is 355 g/mol. The van der Waals surface area contributed by atoms with Crippen molar-refractivity contribution >= 4 is 11.8 Å². The zero-order chi connectivity index (χ0) is 18.1. The van der Waals surface area contributed by atoms with E-state index in [9.17, 15) is 9.59 Å². The van der Waals surface area contributed by atoms with Gasteiger partial charge in [-0.2, -0.15) is 4.98 Å². The maximum Gasteiger partial charge on any atom is 0.259 e. The molecule has 4 rings (SSSR count). The molecule has 0 aromatic carbocycles. The van der Waals surface area contributed by atoms with E-state index in [1.54, 1.807) is 24.3 Å². The Balaban J connectivity index is 1.36. The summed E-state index contributed by atoms with van der Waals surface area (Å²) in [5, 5.41) is 4.11. The summed E-state index contributed by atoms with van der Waals surface area (Å²) in [5.41, 5.74) is 0.800. The Kier molecular flexibility index (Phi) is 4.40. The lowest BCUT2D eigenvalue weighted by Gasteiger charge is -2.32. The first-order chi connectivity index (χ1) is 12.6. The van der Waals surface area contributed by atoms with Crippen LogP contribution in [0.4, 0.5) is 0 Å². The van der Waals surface area contributed by atoms with Crippen LogP contribution in [0.1, 0.15) is 31.0 Å². The average Bonchev–Trinajstić information content (AvgIpc) is 3.30. The number of piperidine rings is 1. The van der Waals surface area contributed by atoms with Crippen molar-refractivity contribution < 1.29 is 14.1 Å². The molecule has 2 aromatic heterocycles. The number of rotatable bonds is 3. The minimum absolute atomic E-state index is 0.0490. The molecule has 0 unspecified atom stereocenters. The van der Waals surface area contributed by atoms with Crippen molar-refractivity contribution in [2.45, 2.75) is 25.2 Å². The van der Waals surface area contributed by atoms with Crippen molar-refractivity contribution in [1.29, 1.82) is 0 Å². The summed E-state index contributed by atoms with van der Waals surface area (Å²) in [7, 11) is 1.75. The highest BCUT2D eigenvalue weighted by atomic mass is 16.5. The first kappa shape index (κ1) is 16.7. The predicted octanol–water partition coefficient (Wildman–Crippen LogP) is 1.32. The van der Waals surface area contributed by atoms with Crippen molar-refractivity contribution in [1.82, 2.24) is 24.9 Å². The van der Waals surface area contributed by atoms with E-state index in [4.69, 9.17) is 4.52 Å². The van der Waals surface area contributed by atoms with Crippen LogP contribution in [0.3, 0.4) is 0 Å². The third-order valence-electron chi connectivity index (χ3n) is 5.21. The summed E-state index contributed by atoms with van der Waals surface area (Å²) in [6.07, 6.45) is 5.32. The third-order valence-corrected chi connectivity index (χ3v) is 5.21. The van der Waals surface area contributed by atoms with Gasteiger partial charge in [0.05, 0.1) is 11.5 Å². The third kappa shape index (κ3) is 3.18. The van der Waals surface area contributed by atoms with Crippen LogP contribution < -0.4 is 0 Å². The minimum atomic E-state index is -0.202. The normalized spacial score (nSPS) is 21.4. The molecule has 2 saturated heterocycles. The number of hydrogen-bond acceptors (Lipinski definition) is 6. The van der Waals surface area contributed by atoms with E-state index in [1.807, 2.05) is 17.0 Å². The topological polar surface area (TPSA) is 92.4 Å². The van der Waals surface area contributed by atoms with E-state index in [1.165, 1.54) is 0 Å². The van der Waals surface area contributed by atoms with Gasteiger partial charge in [0, 0.05) is 51.4 Å². The van der Waals surface area contributed by atoms with Gasteiger partial charge in [0.1, 0.15) is 0 Å². The van der Waals surface area contributed by atoms with Gasteiger partial charge >= 0.3 is 0 Å². The molecule has 2 fully saturated rings. The first-order valence-electron chi connectivity index (χ1n) is 8.88. The molecule has 2 aromatic rings. The Labute approximate surface area is 151 Å². The first-order valence-corrected chi connectivity index (χ1v) is 8.88. The molecule has 0 N–H and O–H groups in total. The highest BCUT2D eigenvalue weighted by Crippen LogP contribution is 2.29. The van der Waals surface area contributed by atoms with Gasteiger partial charge in [0.2, 0.25) is 11.8 Å². The van der Waals surface area contributed by atoms with Gasteiger partial charge in [0.15, 0.2) is 5.82 Å². The highest BCUT2D eigenvalue weighted by Gasteiger charge is 2.36. The van der Waals surface area contributed by atoms with Crippen LogP contribution in [0.5, 0.6) is 0 Å². The number of carbonyl (C=O) groups is 2. The quantitative estimate of drug-likeness (QED) is 0.824. The largest absolute Gasteiger partial charge is 0.345 e. The van der Waals surface area contributed by atoms with Crippen molar-refractivity contribution in [2.24, 2.45) is 5.92 Å². The lowest BCUT2D eigenvalue weighted by molar-refractivity contribution is -0.136. The molecular formula is C18H21N5O3. The molecule has 4 heterocycles. The Morgan fingerprint density at radius 3 is 2.77 bits per heavy atom. The molecule has 26 heavy (non-hydrogen) atoms. The fourth-order valence-electron chi connectivity index (χ4n) is 3.65. The molecule has 8 nitrogen and oxygen atoms in total. The van der Waals surface area contributed by atoms with E-state index in [0.717, 1.165) is 18.4 Å². The van der Waals surface area contributed by atoms with Crippen LogP contribution in [0.25, 0.3) is 11.5 Å².